The van der Waals surface area contributed by atoms with Crippen LogP contribution in [0.5, 0.6) is 11.8 Å². The van der Waals surface area contributed by atoms with Crippen LogP contribution in [-0.4, -0.2) is 150 Å². The second-order valence-corrected chi connectivity index (χ2v) is 24.5. The van der Waals surface area contributed by atoms with Crippen molar-refractivity contribution in [3.63, 3.8) is 0 Å². The van der Waals surface area contributed by atoms with Crippen LogP contribution in [0.25, 0.3) is 32.9 Å². The van der Waals surface area contributed by atoms with Gasteiger partial charge in [-0.25, -0.2) is 13.6 Å². The standard InChI is InChI=1S/C60H61F2N9O8/c1-5-40-44(61)9-6-35-19-39(72)20-41(48(35)40)50-49(62)51-43(25-64-50)52(53-60-22-37-7-8-38(23-60)71(37,53)60)67-57(66-51)79-29-59-14-12-36(69(59)26-30(2)21-59)28-78-58(77)68-15-13-33(27-68)17-32(4)63-24-34-16-31(3)47-42(18-34)55(75)70(56(47)76)45-10-11-46(73)65-54(45)74/h1,6,9,18-20,25,31-33,36-38,45,53,63H,2,7-8,10-17,21-24,26-29H2,3-4H3,(H-,65,72,73,74)/p+1/t31?,32?,33?,36-,37?,38?,45?,53?,59-,60?,71?/m0/s1. The number of aromatic nitrogens is 3. The number of hydrogen-bond donors (Lipinski definition) is 3. The zero-order valence-corrected chi connectivity index (χ0v) is 44.3. The molecule has 1 spiro atoms. The van der Waals surface area contributed by atoms with E-state index >= 15 is 8.78 Å². The molecule has 0 radical (unpaired) electrons. The first-order valence-corrected chi connectivity index (χ1v) is 28.1. The molecule has 11 heterocycles. The van der Waals surface area contributed by atoms with Crippen molar-refractivity contribution < 1.29 is 51.8 Å². The van der Waals surface area contributed by atoms with Gasteiger partial charge >= 0.3 is 12.1 Å². The molecule has 2 aromatic heterocycles. The Balaban J connectivity index is 0.630. The zero-order valence-electron chi connectivity index (χ0n) is 44.3. The highest BCUT2D eigenvalue weighted by atomic mass is 19.1. The quantitative estimate of drug-likeness (QED) is 0.0429. The Labute approximate surface area is 455 Å². The number of nitrogens with zero attached hydrogens (tertiary/aromatic N) is 7. The van der Waals surface area contributed by atoms with Crippen molar-refractivity contribution in [2.75, 3.05) is 39.4 Å². The minimum absolute atomic E-state index is 0.0415. The Morgan fingerprint density at radius 2 is 1.90 bits per heavy atom. The van der Waals surface area contributed by atoms with Crippen molar-refractivity contribution in [2.24, 2.45) is 11.8 Å². The van der Waals surface area contributed by atoms with Gasteiger partial charge in [0.25, 0.3) is 11.8 Å². The highest BCUT2D eigenvalue weighted by molar-refractivity contribution is 6.23. The smallest absolute Gasteiger partial charge is 0.409 e. The molecule has 10 aliphatic rings. The third-order valence-electron chi connectivity index (χ3n) is 20.1. The fraction of sp³-hybridized carbons (Fsp3) is 0.500. The number of terminal acetylenes is 1. The van der Waals surface area contributed by atoms with Gasteiger partial charge in [-0.15, -0.1) is 6.42 Å². The fourth-order valence-electron chi connectivity index (χ4n) is 16.9. The molecule has 0 saturated carbocycles. The summed E-state index contributed by atoms with van der Waals surface area (Å²) in [7, 11) is 0. The van der Waals surface area contributed by atoms with E-state index in [2.05, 4.69) is 39.9 Å². The predicted octanol–water partition coefficient (Wildman–Crippen LogP) is 6.56. The fourth-order valence-corrected chi connectivity index (χ4v) is 16.9. The van der Waals surface area contributed by atoms with Gasteiger partial charge in [-0.2, -0.15) is 9.97 Å². The van der Waals surface area contributed by atoms with E-state index in [0.717, 1.165) is 64.7 Å². The third-order valence-corrected chi connectivity index (χ3v) is 20.1. The van der Waals surface area contributed by atoms with Gasteiger partial charge in [0.05, 0.1) is 36.0 Å². The molecule has 1 aliphatic carbocycles. The number of quaternary nitrogens is 1. The number of fused-ring (bicyclic) bond motifs is 3. The Bertz CT molecular complexity index is 3540. The normalized spacial score (nSPS) is 32.6. The first kappa shape index (κ1) is 50.1. The van der Waals surface area contributed by atoms with Crippen molar-refractivity contribution in [3.05, 3.63) is 88.3 Å². The molecule has 3 N–H and O–H groups in total. The maximum Gasteiger partial charge on any atom is 0.409 e. The molecule has 9 aliphatic heterocycles. The molecule has 17 nitrogen and oxygen atoms in total. The number of hydrogen-bond acceptors (Lipinski definition) is 13. The van der Waals surface area contributed by atoms with Crippen molar-refractivity contribution in [1.29, 1.82) is 0 Å². The molecule has 0 bridgehead atoms. The summed E-state index contributed by atoms with van der Waals surface area (Å²) in [6.45, 7) is 11.1. The van der Waals surface area contributed by atoms with E-state index in [-0.39, 0.29) is 107 Å². The Morgan fingerprint density at radius 1 is 1.09 bits per heavy atom. The number of nitrogens with one attached hydrogen (secondary N) is 2. The first-order chi connectivity index (χ1) is 38.0. The Morgan fingerprint density at radius 3 is 2.68 bits per heavy atom. The number of pyridine rings is 1. The summed E-state index contributed by atoms with van der Waals surface area (Å²) >= 11 is 0. The van der Waals surface area contributed by atoms with Crippen LogP contribution in [0, 0.1) is 35.8 Å². The van der Waals surface area contributed by atoms with Crippen LogP contribution in [0.15, 0.2) is 65.4 Å². The van der Waals surface area contributed by atoms with Gasteiger partial charge in [-0.1, -0.05) is 36.6 Å². The number of carbonyl (C=O) groups excluding carboxylic acids is 5. The number of phenols is 1. The lowest BCUT2D eigenvalue weighted by molar-refractivity contribution is -0.953. The van der Waals surface area contributed by atoms with Gasteiger partial charge in [0.15, 0.2) is 17.4 Å². The number of phenolic OH excluding ortho intramolecular Hbond substituents is 1. The van der Waals surface area contributed by atoms with Gasteiger partial charge in [-0.3, -0.25) is 43.8 Å². The number of benzene rings is 2. The maximum absolute atomic E-state index is 17.5. The summed E-state index contributed by atoms with van der Waals surface area (Å²) in [5.74, 6) is -1.05. The summed E-state index contributed by atoms with van der Waals surface area (Å²) in [6, 6.07) is 5.86. The lowest BCUT2D eigenvalue weighted by Crippen LogP contribution is -2.65. The van der Waals surface area contributed by atoms with E-state index in [4.69, 9.17) is 25.9 Å². The SMILES string of the molecule is C#Cc1c(F)ccc2cc(O)cc(-c3ncc4c(C5C67CC8CCC(C6)[N+]857)nc(OC[C@@]56CC[C@@H](COC(=O)N7CCC(CC(C)NCC8=CC9=C(C(=O)N(C%10CCC(=O)NC%10=O)C9=O)C(C)C8)C7)N5CC(=C)C6)nc4c3F)c12. The van der Waals surface area contributed by atoms with Crippen LogP contribution in [0.1, 0.15) is 108 Å². The Hall–Kier alpha value is -7.14. The number of carbonyl (C=O) groups is 5. The topological polar surface area (TPSA) is 196 Å². The molecule has 14 rings (SSSR count). The predicted molar refractivity (Wildman–Crippen MR) is 283 cm³/mol. The van der Waals surface area contributed by atoms with Gasteiger partial charge in [-0.05, 0) is 93.4 Å². The van der Waals surface area contributed by atoms with E-state index in [1.54, 1.807) is 17.2 Å². The largest absolute Gasteiger partial charge is 0.508 e. The monoisotopic (exact) mass is 1070 g/mol. The Kier molecular flexibility index (Phi) is 11.4. The van der Waals surface area contributed by atoms with Crippen LogP contribution in [0.2, 0.25) is 0 Å². The minimum Gasteiger partial charge on any atom is -0.508 e. The summed E-state index contributed by atoms with van der Waals surface area (Å²) in [5.41, 5.74) is 3.17. The number of aromatic hydroxyl groups is 1. The molecule has 2 aromatic carbocycles. The van der Waals surface area contributed by atoms with Crippen molar-refractivity contribution in [3.8, 4) is 35.4 Å². The highest BCUT2D eigenvalue weighted by Crippen LogP contribution is 2.87. The highest BCUT2D eigenvalue weighted by Gasteiger charge is 3.00. The average molecular weight is 1080 g/mol. The van der Waals surface area contributed by atoms with E-state index in [0.29, 0.717) is 73.0 Å². The number of halogens is 2. The number of likely N-dealkylation sites (tertiary alicyclic amines) is 1. The second kappa shape index (κ2) is 17.9. The maximum atomic E-state index is 17.5. The van der Waals surface area contributed by atoms with E-state index in [9.17, 15) is 29.1 Å². The van der Waals surface area contributed by atoms with Crippen molar-refractivity contribution in [1.82, 2.24) is 40.3 Å². The van der Waals surface area contributed by atoms with Crippen LogP contribution >= 0.6 is 0 Å². The zero-order chi connectivity index (χ0) is 54.6. The summed E-state index contributed by atoms with van der Waals surface area (Å²) < 4.78 is 46.4. The van der Waals surface area contributed by atoms with Crippen LogP contribution < -0.4 is 15.4 Å². The molecule has 408 valence electrons. The number of rotatable bonds is 13. The number of ether oxygens (including phenoxy) is 2. The minimum atomic E-state index is -1.00. The molecular formula is C60H62F2N9O8+. The lowest BCUT2D eigenvalue weighted by atomic mass is 9.78. The van der Waals surface area contributed by atoms with Crippen LogP contribution in [-0.2, 0) is 23.9 Å². The molecule has 8 fully saturated rings. The molecule has 79 heavy (non-hydrogen) atoms. The van der Waals surface area contributed by atoms with Gasteiger partial charge < -0.3 is 24.8 Å². The third kappa shape index (κ3) is 7.35. The van der Waals surface area contributed by atoms with E-state index < -0.39 is 46.8 Å². The van der Waals surface area contributed by atoms with Crippen LogP contribution in [0.3, 0.4) is 0 Å². The summed E-state index contributed by atoms with van der Waals surface area (Å²) in [6.07, 6.45) is 18.1. The molecule has 5 amide bonds. The van der Waals surface area contributed by atoms with Crippen LogP contribution in [0.4, 0.5) is 13.6 Å². The molecule has 7 unspecified atom stereocenters. The average Bonchev–Trinajstić information content (AvgIpc) is 2.43. The summed E-state index contributed by atoms with van der Waals surface area (Å²) in [5, 5.41) is 17.9. The van der Waals surface area contributed by atoms with E-state index in [1.165, 1.54) is 37.1 Å². The van der Waals surface area contributed by atoms with Gasteiger partial charge in [0.2, 0.25) is 11.8 Å². The van der Waals surface area contributed by atoms with Gasteiger partial charge in [0.1, 0.15) is 47.7 Å². The van der Waals surface area contributed by atoms with Gasteiger partial charge in [0, 0.05) is 91.2 Å². The first-order valence-electron chi connectivity index (χ1n) is 28.1. The summed E-state index contributed by atoms with van der Waals surface area (Å²) in [4.78, 5) is 84.7. The molecule has 9 atom stereocenters. The number of amides is 5. The second-order valence-electron chi connectivity index (χ2n) is 24.5. The molecule has 19 heteroatoms. The van der Waals surface area contributed by atoms with E-state index in [1.807, 2.05) is 6.92 Å². The number of piperidine rings is 2. The van der Waals surface area contributed by atoms with Crippen molar-refractivity contribution >= 4 is 51.4 Å². The van der Waals surface area contributed by atoms with Crippen molar-refractivity contribution in [2.45, 2.75) is 138 Å². The lowest BCUT2D eigenvalue weighted by Gasteiger charge is -2.50. The number of imide groups is 2. The molecule has 4 aromatic rings. The molecule has 8 saturated heterocycles. The molecular weight excluding hydrogens is 1010 g/mol.